The molecule has 0 radical (unpaired) electrons. The summed E-state index contributed by atoms with van der Waals surface area (Å²) in [6, 6.07) is 13.7. The largest absolute Gasteiger partial charge is 0.420 e. The van der Waals surface area contributed by atoms with Crippen molar-refractivity contribution in [1.82, 2.24) is 9.47 Å². The molecule has 0 spiro atoms. The Bertz CT molecular complexity index is 1130. The molecule has 1 saturated heterocycles. The van der Waals surface area contributed by atoms with E-state index in [1.807, 2.05) is 0 Å². The van der Waals surface area contributed by atoms with E-state index in [-0.39, 0.29) is 25.0 Å². The highest BCUT2D eigenvalue weighted by molar-refractivity contribution is 5.97. The molecule has 30 heavy (non-hydrogen) atoms. The van der Waals surface area contributed by atoms with Gasteiger partial charge in [-0.1, -0.05) is 18.2 Å². The molecule has 2 amide bonds. The van der Waals surface area contributed by atoms with E-state index in [0.717, 1.165) is 12.8 Å². The van der Waals surface area contributed by atoms with E-state index >= 15 is 0 Å². The fourth-order valence-electron chi connectivity index (χ4n) is 3.74. The zero-order valence-corrected chi connectivity index (χ0v) is 16.4. The number of amides is 2. The Morgan fingerprint density at radius 2 is 1.87 bits per heavy atom. The van der Waals surface area contributed by atoms with Gasteiger partial charge in [0.05, 0.1) is 5.52 Å². The number of piperidine rings is 1. The first kappa shape index (κ1) is 19.9. The molecular weight excluding hydrogens is 386 g/mol. The number of fused-ring (bicyclic) bond motifs is 1. The summed E-state index contributed by atoms with van der Waals surface area (Å²) in [6.07, 6.45) is 1.57. The molecular formula is C22H23N3O5. The van der Waals surface area contributed by atoms with Crippen LogP contribution in [-0.2, 0) is 11.3 Å². The van der Waals surface area contributed by atoms with E-state index in [2.05, 4.69) is 5.32 Å². The molecule has 1 aromatic heterocycles. The van der Waals surface area contributed by atoms with Crippen molar-refractivity contribution in [3.05, 3.63) is 64.6 Å². The number of para-hydroxylation sites is 2. The molecule has 0 atom stereocenters. The van der Waals surface area contributed by atoms with Gasteiger partial charge >= 0.3 is 5.76 Å². The molecule has 0 unspecified atom stereocenters. The van der Waals surface area contributed by atoms with Gasteiger partial charge < -0.3 is 19.7 Å². The number of benzene rings is 2. The minimum absolute atomic E-state index is 0.0977. The predicted octanol–water partition coefficient (Wildman–Crippen LogP) is 2.08. The summed E-state index contributed by atoms with van der Waals surface area (Å²) >= 11 is 0. The lowest BCUT2D eigenvalue weighted by molar-refractivity contribution is -0.116. The fraction of sp³-hybridized carbons (Fsp3) is 0.318. The second-order valence-corrected chi connectivity index (χ2v) is 7.47. The highest BCUT2D eigenvalue weighted by Crippen LogP contribution is 2.20. The molecule has 1 aliphatic rings. The van der Waals surface area contributed by atoms with Crippen molar-refractivity contribution in [3.8, 4) is 0 Å². The maximum Gasteiger partial charge on any atom is 0.420 e. The number of hydrogen-bond acceptors (Lipinski definition) is 5. The average molecular weight is 409 g/mol. The van der Waals surface area contributed by atoms with Gasteiger partial charge in [-0.25, -0.2) is 4.79 Å². The molecule has 156 valence electrons. The van der Waals surface area contributed by atoms with Crippen LogP contribution in [0.2, 0.25) is 0 Å². The molecule has 1 aliphatic heterocycles. The summed E-state index contributed by atoms with van der Waals surface area (Å²) in [4.78, 5) is 39.1. The van der Waals surface area contributed by atoms with E-state index in [4.69, 9.17) is 4.42 Å². The van der Waals surface area contributed by atoms with E-state index in [1.54, 1.807) is 53.4 Å². The van der Waals surface area contributed by atoms with Gasteiger partial charge in [-0.3, -0.25) is 14.2 Å². The molecule has 0 bridgehead atoms. The standard InChI is InChI=1S/C22H23N3O5/c26-14-15-8-10-24(11-9-15)21(28)16-4-3-5-17(12-16)23-20(27)13-25-18-6-1-2-7-19(18)30-22(25)29/h1-7,12,15,26H,8-11,13-14H2,(H,23,27). The van der Waals surface area contributed by atoms with Crippen LogP contribution < -0.4 is 11.1 Å². The quantitative estimate of drug-likeness (QED) is 0.671. The number of aliphatic hydroxyl groups excluding tert-OH is 1. The normalized spacial score (nSPS) is 14.8. The van der Waals surface area contributed by atoms with Crippen molar-refractivity contribution >= 4 is 28.6 Å². The Kier molecular flexibility index (Phi) is 5.67. The summed E-state index contributed by atoms with van der Waals surface area (Å²) in [5.41, 5.74) is 1.94. The molecule has 8 nitrogen and oxygen atoms in total. The van der Waals surface area contributed by atoms with Crippen LogP contribution in [0.5, 0.6) is 0 Å². The van der Waals surface area contributed by atoms with Gasteiger partial charge in [-0.15, -0.1) is 0 Å². The lowest BCUT2D eigenvalue weighted by atomic mass is 9.97. The maximum absolute atomic E-state index is 12.8. The van der Waals surface area contributed by atoms with Crippen molar-refractivity contribution in [3.63, 3.8) is 0 Å². The van der Waals surface area contributed by atoms with Gasteiger partial charge in [0.2, 0.25) is 5.91 Å². The lowest BCUT2D eigenvalue weighted by Gasteiger charge is -2.31. The van der Waals surface area contributed by atoms with Crippen LogP contribution in [0, 0.1) is 5.92 Å². The van der Waals surface area contributed by atoms with Gasteiger partial charge in [-0.05, 0) is 49.1 Å². The number of likely N-dealkylation sites (tertiary alicyclic amines) is 1. The molecule has 2 aromatic carbocycles. The number of oxazole rings is 1. The Balaban J connectivity index is 1.44. The van der Waals surface area contributed by atoms with Crippen molar-refractivity contribution < 1.29 is 19.1 Å². The minimum atomic E-state index is -0.596. The SMILES string of the molecule is O=C(Cn1c(=O)oc2ccccc21)Nc1cccc(C(=O)N2CCC(CO)CC2)c1. The number of anilines is 1. The lowest BCUT2D eigenvalue weighted by Crippen LogP contribution is -2.39. The van der Waals surface area contributed by atoms with Crippen molar-refractivity contribution in [2.75, 3.05) is 25.0 Å². The smallest absolute Gasteiger partial charge is 0.408 e. The van der Waals surface area contributed by atoms with Gasteiger partial charge in [0.15, 0.2) is 5.58 Å². The number of carbonyl (C=O) groups excluding carboxylic acids is 2. The van der Waals surface area contributed by atoms with E-state index in [0.29, 0.717) is 35.4 Å². The fourth-order valence-corrected chi connectivity index (χ4v) is 3.74. The van der Waals surface area contributed by atoms with E-state index < -0.39 is 11.7 Å². The Morgan fingerprint density at radius 3 is 2.63 bits per heavy atom. The number of aliphatic hydroxyl groups is 1. The zero-order chi connectivity index (χ0) is 21.1. The predicted molar refractivity (Wildman–Crippen MR) is 111 cm³/mol. The second kappa shape index (κ2) is 8.54. The molecule has 2 N–H and O–H groups in total. The van der Waals surface area contributed by atoms with E-state index in [1.165, 1.54) is 4.57 Å². The molecule has 3 aromatic rings. The highest BCUT2D eigenvalue weighted by Gasteiger charge is 2.23. The van der Waals surface area contributed by atoms with Crippen LogP contribution in [0.25, 0.3) is 11.1 Å². The number of rotatable bonds is 5. The summed E-state index contributed by atoms with van der Waals surface area (Å²) < 4.78 is 6.41. The number of nitrogens with zero attached hydrogens (tertiary/aromatic N) is 2. The Morgan fingerprint density at radius 1 is 1.10 bits per heavy atom. The minimum Gasteiger partial charge on any atom is -0.408 e. The molecule has 2 heterocycles. The first-order chi connectivity index (χ1) is 14.5. The topological polar surface area (TPSA) is 105 Å². The van der Waals surface area contributed by atoms with Crippen LogP contribution in [-0.4, -0.2) is 46.1 Å². The number of nitrogens with one attached hydrogen (secondary N) is 1. The average Bonchev–Trinajstić information content (AvgIpc) is 3.08. The summed E-state index contributed by atoms with van der Waals surface area (Å²) in [5, 5.41) is 12.0. The molecule has 4 rings (SSSR count). The first-order valence-electron chi connectivity index (χ1n) is 9.93. The molecule has 0 saturated carbocycles. The number of aromatic nitrogens is 1. The van der Waals surface area contributed by atoms with Crippen molar-refractivity contribution in [2.24, 2.45) is 5.92 Å². The summed E-state index contributed by atoms with van der Waals surface area (Å²) in [6.45, 7) is 1.18. The Hall–Kier alpha value is -3.39. The number of carbonyl (C=O) groups is 2. The highest BCUT2D eigenvalue weighted by atomic mass is 16.4. The first-order valence-corrected chi connectivity index (χ1v) is 9.93. The number of hydrogen-bond donors (Lipinski definition) is 2. The van der Waals surface area contributed by atoms with Crippen LogP contribution in [0.4, 0.5) is 5.69 Å². The summed E-state index contributed by atoms with van der Waals surface area (Å²) in [7, 11) is 0. The van der Waals surface area contributed by atoms with Crippen molar-refractivity contribution in [2.45, 2.75) is 19.4 Å². The third kappa shape index (κ3) is 4.13. The van der Waals surface area contributed by atoms with Gasteiger partial charge in [-0.2, -0.15) is 0 Å². The molecule has 1 fully saturated rings. The molecule has 0 aliphatic carbocycles. The van der Waals surface area contributed by atoms with Gasteiger partial charge in [0.1, 0.15) is 6.54 Å². The van der Waals surface area contributed by atoms with Crippen LogP contribution >= 0.6 is 0 Å². The van der Waals surface area contributed by atoms with E-state index in [9.17, 15) is 19.5 Å². The second-order valence-electron chi connectivity index (χ2n) is 7.47. The Labute approximate surface area is 172 Å². The third-order valence-corrected chi connectivity index (χ3v) is 5.43. The van der Waals surface area contributed by atoms with Crippen molar-refractivity contribution in [1.29, 1.82) is 0 Å². The maximum atomic E-state index is 12.8. The van der Waals surface area contributed by atoms with Crippen LogP contribution in [0.15, 0.2) is 57.7 Å². The van der Waals surface area contributed by atoms with Gasteiger partial charge in [0.25, 0.3) is 5.91 Å². The third-order valence-electron chi connectivity index (χ3n) is 5.43. The summed E-state index contributed by atoms with van der Waals surface area (Å²) in [5.74, 6) is -0.833. The van der Waals surface area contributed by atoms with Crippen LogP contribution in [0.3, 0.4) is 0 Å². The molecule has 8 heteroatoms. The monoisotopic (exact) mass is 409 g/mol. The zero-order valence-electron chi connectivity index (χ0n) is 16.4. The van der Waals surface area contributed by atoms with Crippen LogP contribution in [0.1, 0.15) is 23.2 Å². The van der Waals surface area contributed by atoms with Gasteiger partial charge in [0, 0.05) is 30.9 Å².